The SMILES string of the molecule is Cc1cc(=O)c(OCC(=O)N2CCN(C(c3ccc(F)cc3)c3ccc(F)cc3)CC2)c[nH]1. The van der Waals surface area contributed by atoms with E-state index in [1.807, 2.05) is 0 Å². The van der Waals surface area contributed by atoms with Gasteiger partial charge in [0.05, 0.1) is 6.04 Å². The number of nitrogens with one attached hydrogen (secondary N) is 1. The minimum atomic E-state index is -0.320. The van der Waals surface area contributed by atoms with Gasteiger partial charge < -0.3 is 14.6 Å². The zero-order valence-corrected chi connectivity index (χ0v) is 18.3. The van der Waals surface area contributed by atoms with Gasteiger partial charge in [0.2, 0.25) is 5.43 Å². The van der Waals surface area contributed by atoms with E-state index in [1.165, 1.54) is 36.5 Å². The first-order chi connectivity index (χ1) is 15.9. The molecule has 8 heteroatoms. The number of ether oxygens (including phenoxy) is 1. The number of halogens is 2. The first-order valence-electron chi connectivity index (χ1n) is 10.8. The summed E-state index contributed by atoms with van der Waals surface area (Å²) in [5, 5.41) is 0. The molecule has 0 atom stereocenters. The highest BCUT2D eigenvalue weighted by molar-refractivity contribution is 5.77. The number of aromatic nitrogens is 1. The van der Waals surface area contributed by atoms with Gasteiger partial charge in [-0.25, -0.2) is 8.78 Å². The number of H-pyrrole nitrogens is 1. The fraction of sp³-hybridized carbons (Fsp3) is 0.280. The van der Waals surface area contributed by atoms with E-state index in [1.54, 1.807) is 36.1 Å². The lowest BCUT2D eigenvalue weighted by Gasteiger charge is -2.39. The third kappa shape index (κ3) is 5.46. The van der Waals surface area contributed by atoms with Gasteiger partial charge in [-0.2, -0.15) is 0 Å². The number of piperazine rings is 1. The third-order valence-electron chi connectivity index (χ3n) is 5.78. The molecule has 6 nitrogen and oxygen atoms in total. The highest BCUT2D eigenvalue weighted by Gasteiger charge is 2.28. The van der Waals surface area contributed by atoms with E-state index in [4.69, 9.17) is 4.74 Å². The average molecular weight is 453 g/mol. The first-order valence-corrected chi connectivity index (χ1v) is 10.8. The van der Waals surface area contributed by atoms with Crippen molar-refractivity contribution in [1.29, 1.82) is 0 Å². The second-order valence-electron chi connectivity index (χ2n) is 8.06. The molecule has 1 amide bonds. The van der Waals surface area contributed by atoms with Gasteiger partial charge >= 0.3 is 0 Å². The molecule has 1 saturated heterocycles. The van der Waals surface area contributed by atoms with Crippen LogP contribution >= 0.6 is 0 Å². The minimum Gasteiger partial charge on any atom is -0.478 e. The first kappa shape index (κ1) is 22.7. The molecule has 4 rings (SSSR count). The maximum absolute atomic E-state index is 13.5. The van der Waals surface area contributed by atoms with Crippen LogP contribution < -0.4 is 10.2 Å². The second kappa shape index (κ2) is 9.95. The van der Waals surface area contributed by atoms with Crippen molar-refractivity contribution in [2.24, 2.45) is 0 Å². The fourth-order valence-corrected chi connectivity index (χ4v) is 4.04. The van der Waals surface area contributed by atoms with Crippen molar-refractivity contribution in [2.45, 2.75) is 13.0 Å². The number of aromatic amines is 1. The van der Waals surface area contributed by atoms with Gasteiger partial charge in [0.15, 0.2) is 12.4 Å². The normalized spacial score (nSPS) is 14.5. The predicted octanol–water partition coefficient (Wildman–Crippen LogP) is 3.27. The maximum Gasteiger partial charge on any atom is 0.260 e. The molecule has 3 aromatic rings. The molecule has 0 unspecified atom stereocenters. The van der Waals surface area contributed by atoms with Gasteiger partial charge in [-0.15, -0.1) is 0 Å². The van der Waals surface area contributed by atoms with Crippen LogP contribution in [0.15, 0.2) is 65.6 Å². The van der Waals surface area contributed by atoms with E-state index in [0.29, 0.717) is 31.9 Å². The fourth-order valence-electron chi connectivity index (χ4n) is 4.04. The van der Waals surface area contributed by atoms with Crippen LogP contribution in [0.25, 0.3) is 0 Å². The summed E-state index contributed by atoms with van der Waals surface area (Å²) >= 11 is 0. The smallest absolute Gasteiger partial charge is 0.260 e. The molecule has 1 aromatic heterocycles. The summed E-state index contributed by atoms with van der Waals surface area (Å²) in [6, 6.07) is 13.8. The van der Waals surface area contributed by atoms with Crippen molar-refractivity contribution >= 4 is 5.91 Å². The van der Waals surface area contributed by atoms with E-state index < -0.39 is 0 Å². The van der Waals surface area contributed by atoms with Crippen molar-refractivity contribution in [3.63, 3.8) is 0 Å². The molecule has 0 saturated carbocycles. The van der Waals surface area contributed by atoms with Gasteiger partial charge in [-0.1, -0.05) is 24.3 Å². The van der Waals surface area contributed by atoms with Gasteiger partial charge in [-0.3, -0.25) is 14.5 Å². The number of carbonyl (C=O) groups excluding carboxylic acids is 1. The second-order valence-corrected chi connectivity index (χ2v) is 8.06. The lowest BCUT2D eigenvalue weighted by molar-refractivity contribution is -0.135. The molecule has 33 heavy (non-hydrogen) atoms. The molecular formula is C25H25F2N3O3. The number of nitrogens with zero attached hydrogens (tertiary/aromatic N) is 2. The summed E-state index contributed by atoms with van der Waals surface area (Å²) in [6.07, 6.45) is 1.46. The monoisotopic (exact) mass is 453 g/mol. The van der Waals surface area contributed by atoms with E-state index in [0.717, 1.165) is 11.1 Å². The lowest BCUT2D eigenvalue weighted by Crippen LogP contribution is -2.51. The van der Waals surface area contributed by atoms with Crippen molar-refractivity contribution in [3.8, 4) is 5.75 Å². The molecule has 2 aromatic carbocycles. The van der Waals surface area contributed by atoms with Crippen LogP contribution in [0, 0.1) is 18.6 Å². The number of hydrogen-bond acceptors (Lipinski definition) is 4. The highest BCUT2D eigenvalue weighted by atomic mass is 19.1. The Hall–Kier alpha value is -3.52. The topological polar surface area (TPSA) is 65.6 Å². The maximum atomic E-state index is 13.5. The molecule has 172 valence electrons. The number of carbonyl (C=O) groups is 1. The Morgan fingerprint density at radius 2 is 1.52 bits per heavy atom. The molecule has 0 spiro atoms. The lowest BCUT2D eigenvalue weighted by atomic mass is 9.96. The zero-order valence-electron chi connectivity index (χ0n) is 18.3. The van der Waals surface area contributed by atoms with Gasteiger partial charge in [0.1, 0.15) is 11.6 Å². The molecule has 0 bridgehead atoms. The molecule has 1 aliphatic heterocycles. The van der Waals surface area contributed by atoms with Crippen LogP contribution in [-0.2, 0) is 4.79 Å². The van der Waals surface area contributed by atoms with Crippen molar-refractivity contribution in [3.05, 3.63) is 99.5 Å². The quantitative estimate of drug-likeness (QED) is 0.622. The van der Waals surface area contributed by atoms with Crippen LogP contribution in [0.3, 0.4) is 0 Å². The molecule has 2 heterocycles. The molecule has 1 N–H and O–H groups in total. The number of pyridine rings is 1. The van der Waals surface area contributed by atoms with E-state index >= 15 is 0 Å². The van der Waals surface area contributed by atoms with Crippen LogP contribution in [0.5, 0.6) is 5.75 Å². The summed E-state index contributed by atoms with van der Waals surface area (Å²) < 4.78 is 32.4. The number of aryl methyl sites for hydroxylation is 1. The number of hydrogen-bond donors (Lipinski definition) is 1. The largest absolute Gasteiger partial charge is 0.478 e. The van der Waals surface area contributed by atoms with E-state index in [9.17, 15) is 18.4 Å². The minimum absolute atomic E-state index is 0.111. The standard InChI is InChI=1S/C25H25F2N3O3/c1-17-14-22(31)23(15-28-17)33-16-24(32)29-10-12-30(13-11-29)25(18-2-6-20(26)7-3-18)19-4-8-21(27)9-5-19/h2-9,14-15,25H,10-13,16H2,1H3,(H,28,31). The molecule has 0 radical (unpaired) electrons. The number of benzene rings is 2. The highest BCUT2D eigenvalue weighted by Crippen LogP contribution is 2.30. The molecular weight excluding hydrogens is 428 g/mol. The van der Waals surface area contributed by atoms with E-state index in [2.05, 4.69) is 9.88 Å². The average Bonchev–Trinajstić information content (AvgIpc) is 2.81. The van der Waals surface area contributed by atoms with Crippen molar-refractivity contribution in [1.82, 2.24) is 14.8 Å². The Morgan fingerprint density at radius 1 is 0.970 bits per heavy atom. The van der Waals surface area contributed by atoms with Crippen molar-refractivity contribution in [2.75, 3.05) is 32.8 Å². The molecule has 1 aliphatic rings. The molecule has 1 fully saturated rings. The third-order valence-corrected chi connectivity index (χ3v) is 5.78. The molecule has 0 aliphatic carbocycles. The van der Waals surface area contributed by atoms with Crippen LogP contribution in [-0.4, -0.2) is 53.5 Å². The summed E-state index contributed by atoms with van der Waals surface area (Å²) in [6.45, 7) is 3.66. The Bertz CT molecular complexity index is 1110. The summed E-state index contributed by atoms with van der Waals surface area (Å²) in [7, 11) is 0. The number of amides is 1. The van der Waals surface area contributed by atoms with Crippen LogP contribution in [0.2, 0.25) is 0 Å². The Morgan fingerprint density at radius 3 is 2.03 bits per heavy atom. The van der Waals surface area contributed by atoms with Gasteiger partial charge in [0, 0.05) is 44.1 Å². The summed E-state index contributed by atoms with van der Waals surface area (Å²) in [4.78, 5) is 31.3. The Labute approximate surface area is 190 Å². The van der Waals surface area contributed by atoms with E-state index in [-0.39, 0.29) is 41.4 Å². The Balaban J connectivity index is 1.42. The van der Waals surface area contributed by atoms with Crippen LogP contribution in [0.4, 0.5) is 8.78 Å². The zero-order chi connectivity index (χ0) is 23.4. The number of rotatable bonds is 6. The summed E-state index contributed by atoms with van der Waals surface area (Å²) in [5.41, 5.74) is 2.23. The Kier molecular flexibility index (Phi) is 6.84. The van der Waals surface area contributed by atoms with Crippen molar-refractivity contribution < 1.29 is 18.3 Å². The predicted molar refractivity (Wildman–Crippen MR) is 120 cm³/mol. The van der Waals surface area contributed by atoms with Gasteiger partial charge in [-0.05, 0) is 42.3 Å². The summed E-state index contributed by atoms with van der Waals surface area (Å²) in [5.74, 6) is -0.728. The van der Waals surface area contributed by atoms with Gasteiger partial charge in [0.25, 0.3) is 5.91 Å². The van der Waals surface area contributed by atoms with Crippen LogP contribution in [0.1, 0.15) is 22.9 Å².